The third kappa shape index (κ3) is 2.74. The highest BCUT2D eigenvalue weighted by Gasteiger charge is 2.23. The molecule has 0 heteroatoms. The molecular weight excluding hydrogens is 168 g/mol. The van der Waals surface area contributed by atoms with E-state index in [0.717, 1.165) is 17.8 Å². The molecule has 0 aliphatic heterocycles. The molecule has 14 heavy (non-hydrogen) atoms. The fourth-order valence-corrected chi connectivity index (χ4v) is 3.62. The first-order valence-corrected chi connectivity index (χ1v) is 6.86. The van der Waals surface area contributed by atoms with Crippen LogP contribution < -0.4 is 0 Å². The van der Waals surface area contributed by atoms with Crippen molar-refractivity contribution in [3.63, 3.8) is 0 Å². The molecule has 0 heterocycles. The van der Waals surface area contributed by atoms with E-state index < -0.39 is 0 Å². The summed E-state index contributed by atoms with van der Waals surface area (Å²) in [5.41, 5.74) is 0. The van der Waals surface area contributed by atoms with Gasteiger partial charge in [0, 0.05) is 0 Å². The van der Waals surface area contributed by atoms with Crippen LogP contribution in [0.3, 0.4) is 0 Å². The number of hydrogen-bond acceptors (Lipinski definition) is 0. The van der Waals surface area contributed by atoms with Crippen molar-refractivity contribution in [2.45, 2.75) is 71.1 Å². The highest BCUT2D eigenvalue weighted by atomic mass is 14.3. The lowest BCUT2D eigenvalue weighted by molar-refractivity contribution is 0.356. The lowest BCUT2D eigenvalue weighted by Gasteiger charge is -2.16. The lowest BCUT2D eigenvalue weighted by atomic mass is 9.90. The van der Waals surface area contributed by atoms with E-state index in [4.69, 9.17) is 0 Å². The van der Waals surface area contributed by atoms with Gasteiger partial charge in [-0.2, -0.15) is 0 Å². The van der Waals surface area contributed by atoms with E-state index >= 15 is 0 Å². The molecule has 82 valence electrons. The monoisotopic (exact) mass is 194 g/mol. The third-order valence-electron chi connectivity index (χ3n) is 4.70. The van der Waals surface area contributed by atoms with Crippen LogP contribution >= 0.6 is 0 Å². The second-order valence-corrected chi connectivity index (χ2v) is 5.75. The van der Waals surface area contributed by atoms with E-state index in [-0.39, 0.29) is 0 Å². The molecule has 0 aromatic carbocycles. The van der Waals surface area contributed by atoms with Gasteiger partial charge in [0.2, 0.25) is 0 Å². The van der Waals surface area contributed by atoms with Gasteiger partial charge >= 0.3 is 0 Å². The van der Waals surface area contributed by atoms with E-state index in [2.05, 4.69) is 6.92 Å². The van der Waals surface area contributed by atoms with Crippen molar-refractivity contribution in [1.29, 1.82) is 0 Å². The van der Waals surface area contributed by atoms with Gasteiger partial charge in [0.15, 0.2) is 0 Å². The van der Waals surface area contributed by atoms with Gasteiger partial charge in [0.25, 0.3) is 0 Å². The molecule has 0 saturated heterocycles. The molecule has 2 aliphatic carbocycles. The minimum atomic E-state index is 1.04. The van der Waals surface area contributed by atoms with Crippen LogP contribution in [0.4, 0.5) is 0 Å². The zero-order valence-corrected chi connectivity index (χ0v) is 9.80. The predicted octanol–water partition coefficient (Wildman–Crippen LogP) is 4.78. The molecule has 0 spiro atoms. The van der Waals surface area contributed by atoms with E-state index in [1.807, 2.05) is 0 Å². The second-order valence-electron chi connectivity index (χ2n) is 5.75. The molecule has 2 unspecified atom stereocenters. The molecule has 0 aromatic heterocycles. The van der Waals surface area contributed by atoms with Gasteiger partial charge in [-0.25, -0.2) is 0 Å². The van der Waals surface area contributed by atoms with Crippen LogP contribution in [0.25, 0.3) is 0 Å². The van der Waals surface area contributed by atoms with Gasteiger partial charge in [-0.1, -0.05) is 71.1 Å². The molecule has 2 aliphatic rings. The fourth-order valence-electron chi connectivity index (χ4n) is 3.62. The van der Waals surface area contributed by atoms with Crippen molar-refractivity contribution in [2.75, 3.05) is 0 Å². The molecule has 2 saturated carbocycles. The minimum absolute atomic E-state index is 1.04. The summed E-state index contributed by atoms with van der Waals surface area (Å²) in [4.78, 5) is 0. The Balaban J connectivity index is 1.57. The molecule has 0 bridgehead atoms. The van der Waals surface area contributed by atoms with Gasteiger partial charge in [0.1, 0.15) is 0 Å². The lowest BCUT2D eigenvalue weighted by Crippen LogP contribution is -2.04. The Hall–Kier alpha value is 0. The average molecular weight is 194 g/mol. The molecule has 0 nitrogen and oxygen atoms in total. The van der Waals surface area contributed by atoms with Gasteiger partial charge in [-0.05, 0) is 17.8 Å². The molecule has 2 fully saturated rings. The Bertz CT molecular complexity index is 155. The summed E-state index contributed by atoms with van der Waals surface area (Å²) >= 11 is 0. The summed E-state index contributed by atoms with van der Waals surface area (Å²) in [6.07, 6.45) is 15.3. The molecule has 0 amide bonds. The van der Waals surface area contributed by atoms with Crippen LogP contribution in [0.2, 0.25) is 0 Å². The standard InChI is InChI=1S/C14H26/c1-12-6-4-10-14(12)11-5-9-13-7-2-3-8-13/h12-14H,2-11H2,1H3. The normalized spacial score (nSPS) is 34.1. The summed E-state index contributed by atoms with van der Waals surface area (Å²) in [6.45, 7) is 2.47. The Morgan fingerprint density at radius 3 is 2.29 bits per heavy atom. The van der Waals surface area contributed by atoms with E-state index in [0.29, 0.717) is 0 Å². The first-order valence-electron chi connectivity index (χ1n) is 6.86. The Morgan fingerprint density at radius 2 is 1.64 bits per heavy atom. The van der Waals surface area contributed by atoms with Gasteiger partial charge in [0.05, 0.1) is 0 Å². The Morgan fingerprint density at radius 1 is 0.857 bits per heavy atom. The maximum atomic E-state index is 2.47. The van der Waals surface area contributed by atoms with Crippen LogP contribution in [0.15, 0.2) is 0 Å². The predicted molar refractivity (Wildman–Crippen MR) is 62.3 cm³/mol. The Kier molecular flexibility index (Phi) is 3.89. The summed E-state index contributed by atoms with van der Waals surface area (Å²) in [5.74, 6) is 3.25. The van der Waals surface area contributed by atoms with Gasteiger partial charge in [-0.3, -0.25) is 0 Å². The van der Waals surface area contributed by atoms with E-state index in [1.54, 1.807) is 19.3 Å². The largest absolute Gasteiger partial charge is 0.0622 e. The maximum absolute atomic E-state index is 2.47. The zero-order chi connectivity index (χ0) is 9.80. The highest BCUT2D eigenvalue weighted by Crippen LogP contribution is 2.36. The minimum Gasteiger partial charge on any atom is -0.0622 e. The van der Waals surface area contributed by atoms with Gasteiger partial charge < -0.3 is 0 Å². The number of rotatable bonds is 4. The molecular formula is C14H26. The quantitative estimate of drug-likeness (QED) is 0.604. The van der Waals surface area contributed by atoms with Crippen LogP contribution in [-0.4, -0.2) is 0 Å². The van der Waals surface area contributed by atoms with Crippen molar-refractivity contribution in [3.8, 4) is 0 Å². The molecule has 0 N–H and O–H groups in total. The summed E-state index contributed by atoms with van der Waals surface area (Å²) in [6, 6.07) is 0. The van der Waals surface area contributed by atoms with Crippen LogP contribution in [0, 0.1) is 17.8 Å². The van der Waals surface area contributed by atoms with Crippen molar-refractivity contribution in [3.05, 3.63) is 0 Å². The molecule has 0 aromatic rings. The summed E-state index contributed by atoms with van der Waals surface area (Å²) in [7, 11) is 0. The smallest absolute Gasteiger partial charge is 0.0388 e. The van der Waals surface area contributed by atoms with Gasteiger partial charge in [-0.15, -0.1) is 0 Å². The van der Waals surface area contributed by atoms with Crippen LogP contribution in [-0.2, 0) is 0 Å². The molecule has 2 atom stereocenters. The summed E-state index contributed by atoms with van der Waals surface area (Å²) in [5, 5.41) is 0. The Labute approximate surface area is 89.5 Å². The summed E-state index contributed by atoms with van der Waals surface area (Å²) < 4.78 is 0. The van der Waals surface area contributed by atoms with Crippen LogP contribution in [0.1, 0.15) is 71.1 Å². The average Bonchev–Trinajstić information content (AvgIpc) is 2.78. The second kappa shape index (κ2) is 5.19. The highest BCUT2D eigenvalue weighted by molar-refractivity contribution is 4.75. The van der Waals surface area contributed by atoms with E-state index in [9.17, 15) is 0 Å². The zero-order valence-electron chi connectivity index (χ0n) is 9.80. The van der Waals surface area contributed by atoms with Crippen molar-refractivity contribution < 1.29 is 0 Å². The van der Waals surface area contributed by atoms with Crippen molar-refractivity contribution >= 4 is 0 Å². The first-order chi connectivity index (χ1) is 6.86. The van der Waals surface area contributed by atoms with E-state index in [1.165, 1.54) is 44.9 Å². The van der Waals surface area contributed by atoms with Crippen molar-refractivity contribution in [1.82, 2.24) is 0 Å². The molecule has 0 radical (unpaired) electrons. The molecule has 2 rings (SSSR count). The van der Waals surface area contributed by atoms with Crippen LogP contribution in [0.5, 0.6) is 0 Å². The first kappa shape index (κ1) is 10.5. The van der Waals surface area contributed by atoms with Crippen molar-refractivity contribution in [2.24, 2.45) is 17.8 Å². The third-order valence-corrected chi connectivity index (χ3v) is 4.70. The number of hydrogen-bond donors (Lipinski definition) is 0. The fraction of sp³-hybridized carbons (Fsp3) is 1.00. The topological polar surface area (TPSA) is 0 Å². The maximum Gasteiger partial charge on any atom is -0.0388 e. The SMILES string of the molecule is CC1CCCC1CCCC1CCCC1.